The van der Waals surface area contributed by atoms with Gasteiger partial charge in [0.15, 0.2) is 17.3 Å². The first kappa shape index (κ1) is 22.9. The number of ether oxygens (including phenoxy) is 1. The summed E-state index contributed by atoms with van der Waals surface area (Å²) in [6.07, 6.45) is 3.09. The summed E-state index contributed by atoms with van der Waals surface area (Å²) in [5.41, 5.74) is 1.30. The number of phenolic OH excluding ortho intramolecular Hbond substituents is 1. The number of rotatable bonds is 7. The van der Waals surface area contributed by atoms with Gasteiger partial charge in [0, 0.05) is 42.2 Å². The molecule has 4 rings (SSSR count). The number of amides is 2. The summed E-state index contributed by atoms with van der Waals surface area (Å²) in [6.45, 7) is 1.04. The van der Waals surface area contributed by atoms with E-state index in [-0.39, 0.29) is 46.7 Å². The normalized spacial score (nSPS) is 17.1. The highest BCUT2D eigenvalue weighted by molar-refractivity contribution is 6.11. The van der Waals surface area contributed by atoms with E-state index in [0.717, 1.165) is 0 Å². The minimum Gasteiger partial charge on any atom is -0.504 e. The number of benzene rings is 2. The number of aromatic hydroxyl groups is 1. The molecule has 34 heavy (non-hydrogen) atoms. The quantitative estimate of drug-likeness (QED) is 0.394. The Morgan fingerprint density at radius 1 is 0.882 bits per heavy atom. The van der Waals surface area contributed by atoms with Crippen LogP contribution in [0.25, 0.3) is 0 Å². The van der Waals surface area contributed by atoms with Crippen LogP contribution in [0.1, 0.15) is 36.6 Å². The summed E-state index contributed by atoms with van der Waals surface area (Å²) in [5.74, 6) is -0.968. The Bertz CT molecular complexity index is 1200. The lowest BCUT2D eigenvalue weighted by Crippen LogP contribution is -2.51. The molecule has 0 saturated carbocycles. The smallest absolute Gasteiger partial charge is 0.251 e. The van der Waals surface area contributed by atoms with E-state index in [4.69, 9.17) is 4.74 Å². The fourth-order valence-corrected chi connectivity index (χ4v) is 3.79. The molecule has 1 aliphatic heterocycles. The van der Waals surface area contributed by atoms with Crippen molar-refractivity contribution in [1.29, 1.82) is 0 Å². The standard InChI is InChI=1S/C25H24N4O5/c1-34-21-4-2-3-18(23(21)31)22(30)15-5-7-16(8-6-15)24(32)28-19-13-27-14-20(19)29-25(33)17-9-11-26-12-10-17/h2-12,19-20,27,31H,13-14H2,1H3,(H,28,32)(H,29,33)/t19-,20-/m1/s1. The Morgan fingerprint density at radius 2 is 1.44 bits per heavy atom. The van der Waals surface area contributed by atoms with Crippen LogP contribution in [0, 0.1) is 0 Å². The van der Waals surface area contributed by atoms with Crippen molar-refractivity contribution >= 4 is 17.6 Å². The average Bonchev–Trinajstić information content (AvgIpc) is 3.30. The third kappa shape index (κ3) is 4.89. The summed E-state index contributed by atoms with van der Waals surface area (Å²) < 4.78 is 5.05. The van der Waals surface area contributed by atoms with Crippen LogP contribution < -0.4 is 20.7 Å². The highest BCUT2D eigenvalue weighted by Gasteiger charge is 2.30. The third-order valence-corrected chi connectivity index (χ3v) is 5.66. The number of carbonyl (C=O) groups is 3. The Morgan fingerprint density at radius 3 is 2.03 bits per heavy atom. The van der Waals surface area contributed by atoms with E-state index < -0.39 is 0 Å². The second-order valence-corrected chi connectivity index (χ2v) is 7.82. The summed E-state index contributed by atoms with van der Waals surface area (Å²) >= 11 is 0. The van der Waals surface area contributed by atoms with Crippen molar-refractivity contribution in [2.24, 2.45) is 0 Å². The van der Waals surface area contributed by atoms with Crippen molar-refractivity contribution in [3.8, 4) is 11.5 Å². The molecular weight excluding hydrogens is 436 g/mol. The minimum atomic E-state index is -0.387. The molecule has 1 aromatic heterocycles. The van der Waals surface area contributed by atoms with Crippen LogP contribution in [0.4, 0.5) is 0 Å². The van der Waals surface area contributed by atoms with Gasteiger partial charge in [-0.15, -0.1) is 0 Å². The number of ketones is 1. The van der Waals surface area contributed by atoms with Gasteiger partial charge in [0.25, 0.3) is 11.8 Å². The molecule has 1 fully saturated rings. The first-order chi connectivity index (χ1) is 16.5. The fourth-order valence-electron chi connectivity index (χ4n) is 3.79. The molecule has 0 aliphatic carbocycles. The molecule has 2 atom stereocenters. The zero-order valence-corrected chi connectivity index (χ0v) is 18.4. The van der Waals surface area contributed by atoms with E-state index in [1.54, 1.807) is 48.8 Å². The van der Waals surface area contributed by atoms with Gasteiger partial charge in [0.2, 0.25) is 0 Å². The van der Waals surface area contributed by atoms with Crippen LogP contribution in [0.2, 0.25) is 0 Å². The van der Waals surface area contributed by atoms with Gasteiger partial charge >= 0.3 is 0 Å². The first-order valence-corrected chi connectivity index (χ1v) is 10.7. The fraction of sp³-hybridized carbons (Fsp3) is 0.200. The van der Waals surface area contributed by atoms with Crippen molar-refractivity contribution in [2.45, 2.75) is 12.1 Å². The topological polar surface area (TPSA) is 130 Å². The summed E-state index contributed by atoms with van der Waals surface area (Å²) in [7, 11) is 1.41. The number of pyridine rings is 1. The van der Waals surface area contributed by atoms with Crippen molar-refractivity contribution < 1.29 is 24.2 Å². The minimum absolute atomic E-state index is 0.112. The molecular formula is C25H24N4O5. The van der Waals surface area contributed by atoms with E-state index >= 15 is 0 Å². The van der Waals surface area contributed by atoms with Crippen LogP contribution in [0.5, 0.6) is 11.5 Å². The van der Waals surface area contributed by atoms with E-state index in [1.807, 2.05) is 0 Å². The third-order valence-electron chi connectivity index (χ3n) is 5.66. The number of hydrogen-bond acceptors (Lipinski definition) is 7. The van der Waals surface area contributed by atoms with Crippen molar-refractivity contribution in [2.75, 3.05) is 20.2 Å². The Kier molecular flexibility index (Phi) is 6.84. The van der Waals surface area contributed by atoms with Gasteiger partial charge in [-0.3, -0.25) is 19.4 Å². The first-order valence-electron chi connectivity index (χ1n) is 10.7. The lowest BCUT2D eigenvalue weighted by atomic mass is 10.0. The lowest BCUT2D eigenvalue weighted by Gasteiger charge is -2.21. The number of carbonyl (C=O) groups excluding carboxylic acids is 3. The molecule has 0 radical (unpaired) electrons. The monoisotopic (exact) mass is 460 g/mol. The van der Waals surface area contributed by atoms with Gasteiger partial charge in [-0.1, -0.05) is 18.2 Å². The van der Waals surface area contributed by atoms with Gasteiger partial charge in [0.05, 0.1) is 24.8 Å². The molecule has 0 bridgehead atoms. The lowest BCUT2D eigenvalue weighted by molar-refractivity contribution is 0.0896. The van der Waals surface area contributed by atoms with Gasteiger partial charge in [-0.2, -0.15) is 0 Å². The zero-order valence-electron chi connectivity index (χ0n) is 18.4. The molecule has 174 valence electrons. The van der Waals surface area contributed by atoms with Gasteiger partial charge in [-0.25, -0.2) is 0 Å². The Labute approximate surface area is 196 Å². The van der Waals surface area contributed by atoms with Crippen LogP contribution in [0.3, 0.4) is 0 Å². The molecule has 1 aliphatic rings. The summed E-state index contributed by atoms with van der Waals surface area (Å²) in [5, 5.41) is 19.3. The highest BCUT2D eigenvalue weighted by Crippen LogP contribution is 2.31. The molecule has 2 heterocycles. The van der Waals surface area contributed by atoms with E-state index in [2.05, 4.69) is 20.9 Å². The molecule has 2 amide bonds. The molecule has 0 unspecified atom stereocenters. The maximum atomic E-state index is 12.8. The highest BCUT2D eigenvalue weighted by atomic mass is 16.5. The van der Waals surface area contributed by atoms with Crippen LogP contribution in [-0.2, 0) is 0 Å². The number of nitrogens with zero attached hydrogens (tertiary/aromatic N) is 1. The average molecular weight is 460 g/mol. The molecule has 9 nitrogen and oxygen atoms in total. The largest absolute Gasteiger partial charge is 0.504 e. The number of hydrogen-bond donors (Lipinski definition) is 4. The zero-order chi connectivity index (χ0) is 24.1. The van der Waals surface area contributed by atoms with Crippen molar-refractivity contribution in [3.05, 3.63) is 89.2 Å². The van der Waals surface area contributed by atoms with Crippen LogP contribution >= 0.6 is 0 Å². The van der Waals surface area contributed by atoms with Crippen LogP contribution in [0.15, 0.2) is 67.0 Å². The van der Waals surface area contributed by atoms with Gasteiger partial charge < -0.3 is 25.8 Å². The number of aromatic nitrogens is 1. The van der Waals surface area contributed by atoms with E-state index in [9.17, 15) is 19.5 Å². The molecule has 1 saturated heterocycles. The van der Waals surface area contributed by atoms with E-state index in [1.165, 1.54) is 25.3 Å². The van der Waals surface area contributed by atoms with Crippen LogP contribution in [-0.4, -0.2) is 60.0 Å². The summed E-state index contributed by atoms with van der Waals surface area (Å²) in [4.78, 5) is 41.9. The van der Waals surface area contributed by atoms with Crippen molar-refractivity contribution in [1.82, 2.24) is 20.9 Å². The van der Waals surface area contributed by atoms with Crippen molar-refractivity contribution in [3.63, 3.8) is 0 Å². The number of methoxy groups -OCH3 is 1. The van der Waals surface area contributed by atoms with Gasteiger partial charge in [0.1, 0.15) is 0 Å². The second kappa shape index (κ2) is 10.1. The van der Waals surface area contributed by atoms with Gasteiger partial charge in [-0.05, 0) is 36.4 Å². The number of phenols is 1. The molecule has 9 heteroatoms. The SMILES string of the molecule is COc1cccc(C(=O)c2ccc(C(=O)N[C@@H]3CNC[C@H]3NC(=O)c3ccncc3)cc2)c1O. The molecule has 2 aromatic carbocycles. The molecule has 0 spiro atoms. The number of nitrogens with one attached hydrogen (secondary N) is 3. The predicted molar refractivity (Wildman–Crippen MR) is 124 cm³/mol. The maximum absolute atomic E-state index is 12.8. The molecule has 4 N–H and O–H groups in total. The van der Waals surface area contributed by atoms with E-state index in [0.29, 0.717) is 29.8 Å². The summed E-state index contributed by atoms with van der Waals surface area (Å²) in [6, 6.07) is 13.5. The second-order valence-electron chi connectivity index (χ2n) is 7.82. The Hall–Kier alpha value is -4.24. The molecule has 3 aromatic rings. The Balaban J connectivity index is 1.41. The predicted octanol–water partition coefficient (Wildman–Crippen LogP) is 1.53. The maximum Gasteiger partial charge on any atom is 0.251 e. The number of para-hydroxylation sites is 1.